The lowest BCUT2D eigenvalue weighted by Gasteiger charge is -2.23. The summed E-state index contributed by atoms with van der Waals surface area (Å²) in [6.45, 7) is 4.11. The molecule has 2 fully saturated rings. The Morgan fingerprint density at radius 1 is 1.05 bits per heavy atom. The predicted molar refractivity (Wildman–Crippen MR) is 78.3 cm³/mol. The van der Waals surface area contributed by atoms with Crippen LogP contribution in [0.1, 0.15) is 44.9 Å². The van der Waals surface area contributed by atoms with Crippen LogP contribution >= 0.6 is 0 Å². The zero-order valence-electron chi connectivity index (χ0n) is 12.3. The van der Waals surface area contributed by atoms with Gasteiger partial charge >= 0.3 is 0 Å². The molecule has 0 unspecified atom stereocenters. The number of amides is 2. The normalized spacial score (nSPS) is 21.3. The molecule has 2 saturated heterocycles. The first-order valence-electron chi connectivity index (χ1n) is 8.03. The maximum absolute atomic E-state index is 12.1. The van der Waals surface area contributed by atoms with E-state index in [0.717, 1.165) is 51.9 Å². The van der Waals surface area contributed by atoms with E-state index in [2.05, 4.69) is 10.6 Å². The standard InChI is InChI=1S/C15H27N3O2/c19-14(18-11-3-1-2-4-12-18)7-10-17-15(20)13-5-8-16-9-6-13/h13,16H,1-12H2,(H,17,20). The molecule has 0 radical (unpaired) electrons. The fourth-order valence-electron chi connectivity index (χ4n) is 3.00. The van der Waals surface area contributed by atoms with E-state index >= 15 is 0 Å². The number of hydrogen-bond acceptors (Lipinski definition) is 3. The number of likely N-dealkylation sites (tertiary alicyclic amines) is 1. The summed E-state index contributed by atoms with van der Waals surface area (Å²) < 4.78 is 0. The van der Waals surface area contributed by atoms with Crippen molar-refractivity contribution in [1.82, 2.24) is 15.5 Å². The first-order valence-corrected chi connectivity index (χ1v) is 8.03. The first-order chi connectivity index (χ1) is 9.77. The lowest BCUT2D eigenvalue weighted by Crippen LogP contribution is -2.40. The molecule has 0 spiro atoms. The quantitative estimate of drug-likeness (QED) is 0.804. The second-order valence-corrected chi connectivity index (χ2v) is 5.86. The fourth-order valence-corrected chi connectivity index (χ4v) is 3.00. The van der Waals surface area contributed by atoms with E-state index in [1.165, 1.54) is 12.8 Å². The average Bonchev–Trinajstić information content (AvgIpc) is 2.77. The van der Waals surface area contributed by atoms with Crippen molar-refractivity contribution in [3.05, 3.63) is 0 Å². The third-order valence-electron chi connectivity index (χ3n) is 4.31. The van der Waals surface area contributed by atoms with Gasteiger partial charge in [0, 0.05) is 32.0 Å². The van der Waals surface area contributed by atoms with Crippen LogP contribution in [0.25, 0.3) is 0 Å². The van der Waals surface area contributed by atoms with Crippen LogP contribution in [0.5, 0.6) is 0 Å². The Balaban J connectivity index is 1.64. The maximum Gasteiger partial charge on any atom is 0.224 e. The molecule has 2 aliphatic rings. The van der Waals surface area contributed by atoms with E-state index in [4.69, 9.17) is 0 Å². The van der Waals surface area contributed by atoms with Gasteiger partial charge in [-0.05, 0) is 38.8 Å². The highest BCUT2D eigenvalue weighted by Crippen LogP contribution is 2.12. The summed E-state index contributed by atoms with van der Waals surface area (Å²) in [4.78, 5) is 26.0. The Morgan fingerprint density at radius 3 is 2.35 bits per heavy atom. The van der Waals surface area contributed by atoms with Crippen LogP contribution in [-0.4, -0.2) is 49.4 Å². The van der Waals surface area contributed by atoms with Crippen LogP contribution in [0.2, 0.25) is 0 Å². The molecule has 2 aliphatic heterocycles. The lowest BCUT2D eigenvalue weighted by molar-refractivity contribution is -0.131. The van der Waals surface area contributed by atoms with E-state index in [9.17, 15) is 9.59 Å². The smallest absolute Gasteiger partial charge is 0.224 e. The van der Waals surface area contributed by atoms with Crippen molar-refractivity contribution in [2.75, 3.05) is 32.7 Å². The monoisotopic (exact) mass is 281 g/mol. The second-order valence-electron chi connectivity index (χ2n) is 5.86. The second kappa shape index (κ2) is 8.25. The van der Waals surface area contributed by atoms with Gasteiger partial charge < -0.3 is 15.5 Å². The molecule has 0 aromatic carbocycles. The van der Waals surface area contributed by atoms with Crippen molar-refractivity contribution in [3.8, 4) is 0 Å². The molecule has 2 heterocycles. The molecule has 2 N–H and O–H groups in total. The molecule has 0 saturated carbocycles. The fraction of sp³-hybridized carbons (Fsp3) is 0.867. The lowest BCUT2D eigenvalue weighted by atomic mass is 9.97. The number of rotatable bonds is 4. The summed E-state index contributed by atoms with van der Waals surface area (Å²) in [5.41, 5.74) is 0. The first kappa shape index (κ1) is 15.3. The SMILES string of the molecule is O=C(NCCC(=O)N1CCCCCC1)C1CCNCC1. The molecule has 0 bridgehead atoms. The molecule has 2 amide bonds. The van der Waals surface area contributed by atoms with Gasteiger partial charge in [-0.3, -0.25) is 9.59 Å². The number of piperidine rings is 1. The molecule has 0 aliphatic carbocycles. The van der Waals surface area contributed by atoms with Gasteiger partial charge in [-0.25, -0.2) is 0 Å². The Bertz CT molecular complexity index is 319. The number of carbonyl (C=O) groups excluding carboxylic acids is 2. The summed E-state index contributed by atoms with van der Waals surface area (Å²) >= 11 is 0. The molecule has 0 aromatic heterocycles. The van der Waals surface area contributed by atoms with Crippen molar-refractivity contribution < 1.29 is 9.59 Å². The zero-order valence-corrected chi connectivity index (χ0v) is 12.3. The van der Waals surface area contributed by atoms with E-state index < -0.39 is 0 Å². The molecule has 2 rings (SSSR count). The molecule has 0 aromatic rings. The van der Waals surface area contributed by atoms with Crippen LogP contribution in [0, 0.1) is 5.92 Å². The molecular weight excluding hydrogens is 254 g/mol. The van der Waals surface area contributed by atoms with Crippen LogP contribution in [0.3, 0.4) is 0 Å². The molecule has 5 nitrogen and oxygen atoms in total. The summed E-state index contributed by atoms with van der Waals surface area (Å²) in [6, 6.07) is 0. The minimum absolute atomic E-state index is 0.121. The van der Waals surface area contributed by atoms with Gasteiger partial charge in [0.25, 0.3) is 0 Å². The molecular formula is C15H27N3O2. The highest BCUT2D eigenvalue weighted by Gasteiger charge is 2.21. The Hall–Kier alpha value is -1.10. The van der Waals surface area contributed by atoms with E-state index in [0.29, 0.717) is 13.0 Å². The molecule has 20 heavy (non-hydrogen) atoms. The predicted octanol–water partition coefficient (Wildman–Crippen LogP) is 0.895. The van der Waals surface area contributed by atoms with E-state index in [1.807, 2.05) is 4.90 Å². The largest absolute Gasteiger partial charge is 0.355 e. The molecule has 0 atom stereocenters. The highest BCUT2D eigenvalue weighted by atomic mass is 16.2. The summed E-state index contributed by atoms with van der Waals surface area (Å²) in [7, 11) is 0. The van der Waals surface area contributed by atoms with Crippen molar-refractivity contribution in [3.63, 3.8) is 0 Å². The minimum Gasteiger partial charge on any atom is -0.355 e. The number of carbonyl (C=O) groups is 2. The van der Waals surface area contributed by atoms with Crippen LogP contribution in [-0.2, 0) is 9.59 Å². The van der Waals surface area contributed by atoms with Gasteiger partial charge in [0.05, 0.1) is 0 Å². The van der Waals surface area contributed by atoms with Gasteiger partial charge in [0.15, 0.2) is 0 Å². The highest BCUT2D eigenvalue weighted by molar-refractivity contribution is 5.80. The van der Waals surface area contributed by atoms with Gasteiger partial charge in [-0.1, -0.05) is 12.8 Å². The number of nitrogens with zero attached hydrogens (tertiary/aromatic N) is 1. The summed E-state index contributed by atoms with van der Waals surface area (Å²) in [6.07, 6.45) is 6.96. The average molecular weight is 281 g/mol. The van der Waals surface area contributed by atoms with Crippen molar-refractivity contribution in [2.45, 2.75) is 44.9 Å². The van der Waals surface area contributed by atoms with Crippen molar-refractivity contribution in [2.24, 2.45) is 5.92 Å². The van der Waals surface area contributed by atoms with Crippen LogP contribution < -0.4 is 10.6 Å². The molecule has 5 heteroatoms. The third kappa shape index (κ3) is 4.78. The molecule has 114 valence electrons. The topological polar surface area (TPSA) is 61.4 Å². The zero-order chi connectivity index (χ0) is 14.2. The van der Waals surface area contributed by atoms with Crippen LogP contribution in [0.15, 0.2) is 0 Å². The van der Waals surface area contributed by atoms with E-state index in [1.54, 1.807) is 0 Å². The Kier molecular flexibility index (Phi) is 6.30. The summed E-state index contributed by atoms with van der Waals surface area (Å²) in [5.74, 6) is 0.442. The Labute approximate surface area is 121 Å². The van der Waals surface area contributed by atoms with Gasteiger partial charge in [0.1, 0.15) is 0 Å². The summed E-state index contributed by atoms with van der Waals surface area (Å²) in [5, 5.41) is 6.18. The Morgan fingerprint density at radius 2 is 1.70 bits per heavy atom. The van der Waals surface area contributed by atoms with E-state index in [-0.39, 0.29) is 17.7 Å². The van der Waals surface area contributed by atoms with Gasteiger partial charge in [-0.2, -0.15) is 0 Å². The maximum atomic E-state index is 12.1. The van der Waals surface area contributed by atoms with Crippen LogP contribution in [0.4, 0.5) is 0 Å². The minimum atomic E-state index is 0.121. The van der Waals surface area contributed by atoms with Crippen molar-refractivity contribution >= 4 is 11.8 Å². The number of nitrogens with one attached hydrogen (secondary N) is 2. The third-order valence-corrected chi connectivity index (χ3v) is 4.31. The van der Waals surface area contributed by atoms with Gasteiger partial charge in [0.2, 0.25) is 11.8 Å². The van der Waals surface area contributed by atoms with Gasteiger partial charge in [-0.15, -0.1) is 0 Å². The van der Waals surface area contributed by atoms with Crippen molar-refractivity contribution in [1.29, 1.82) is 0 Å². The number of hydrogen-bond donors (Lipinski definition) is 2.